The molecule has 2 amide bonds. The normalized spacial score (nSPS) is 24.6. The first-order valence-electron chi connectivity index (χ1n) is 21.3. The predicted octanol–water partition coefficient (Wildman–Crippen LogP) is 6.52. The maximum atomic E-state index is 15.4. The van der Waals surface area contributed by atoms with Crippen LogP contribution in [0.15, 0.2) is 109 Å². The molecular weight excluding hydrogens is 725 g/mol. The lowest BCUT2D eigenvalue weighted by Gasteiger charge is -2.49. The van der Waals surface area contributed by atoms with E-state index in [0.29, 0.717) is 50.6 Å². The number of carbonyl (C=O) groups excluding carboxylic acids is 4. The fourth-order valence-corrected chi connectivity index (χ4v) is 10.5. The number of anilines is 2. The van der Waals surface area contributed by atoms with E-state index in [1.54, 1.807) is 0 Å². The lowest BCUT2D eigenvalue weighted by Crippen LogP contribution is -2.65. The Labute approximate surface area is 342 Å². The molecule has 4 aromatic carbocycles. The van der Waals surface area contributed by atoms with Gasteiger partial charge in [-0.15, -0.1) is 0 Å². The van der Waals surface area contributed by atoms with E-state index in [1.165, 1.54) is 12.8 Å². The number of para-hydroxylation sites is 2. The van der Waals surface area contributed by atoms with Gasteiger partial charge in [-0.2, -0.15) is 0 Å². The summed E-state index contributed by atoms with van der Waals surface area (Å²) in [6.45, 7) is 6.46. The lowest BCUT2D eigenvalue weighted by atomic mass is 9.80. The van der Waals surface area contributed by atoms with Gasteiger partial charge >= 0.3 is 0 Å². The van der Waals surface area contributed by atoms with Crippen molar-refractivity contribution in [3.63, 3.8) is 0 Å². The second-order valence-corrected chi connectivity index (χ2v) is 16.8. The fraction of sp³-hybridized carbons (Fsp3) is 0.417. The van der Waals surface area contributed by atoms with Gasteiger partial charge in [0.05, 0.1) is 24.7 Å². The van der Waals surface area contributed by atoms with Crippen LogP contribution in [0, 0.1) is 0 Å². The van der Waals surface area contributed by atoms with Crippen LogP contribution in [0.25, 0.3) is 0 Å². The van der Waals surface area contributed by atoms with Gasteiger partial charge < -0.3 is 0 Å². The molecule has 300 valence electrons. The van der Waals surface area contributed by atoms with Crippen molar-refractivity contribution in [2.45, 2.75) is 62.4 Å². The van der Waals surface area contributed by atoms with Crippen LogP contribution in [0.3, 0.4) is 0 Å². The number of hydrogen-bond donors (Lipinski definition) is 0. The summed E-state index contributed by atoms with van der Waals surface area (Å²) in [5.74, 6) is -0.296. The Hall–Kier alpha value is -5.00. The Balaban J connectivity index is 1.08. The highest BCUT2D eigenvalue weighted by molar-refractivity contribution is 6.13. The second kappa shape index (κ2) is 16.3. The van der Waals surface area contributed by atoms with Gasteiger partial charge in [0, 0.05) is 61.3 Å². The average Bonchev–Trinajstić information content (AvgIpc) is 3.65. The molecule has 2 atom stereocenters. The van der Waals surface area contributed by atoms with E-state index in [2.05, 4.69) is 19.6 Å². The van der Waals surface area contributed by atoms with E-state index < -0.39 is 11.1 Å². The maximum absolute atomic E-state index is 15.4. The standard InChI is InChI=1S/C48H54N6O4/c55-43(37-17-5-1-6-18-37)33-47(39-21-9-11-23-41(39)53(45(47)57)35-49-25-13-3-14-26-49)51-29-31-52(32-30-51)48(34-44(56)38-19-7-2-8-20-38)40-22-10-12-24-42(40)54(46(48)58)36-50-27-15-4-16-28-50/h1-2,5-12,17-24H,3-4,13-16,25-36H2. The summed E-state index contributed by atoms with van der Waals surface area (Å²) in [5, 5.41) is 0. The number of rotatable bonds is 12. The first-order chi connectivity index (χ1) is 28.4. The molecule has 3 fully saturated rings. The summed E-state index contributed by atoms with van der Waals surface area (Å²) in [4.78, 5) is 72.4. The van der Waals surface area contributed by atoms with Crippen molar-refractivity contribution >= 4 is 34.8 Å². The van der Waals surface area contributed by atoms with Gasteiger partial charge in [0.15, 0.2) is 11.6 Å². The van der Waals surface area contributed by atoms with Crippen LogP contribution in [0.5, 0.6) is 0 Å². The zero-order chi connectivity index (χ0) is 39.7. The molecule has 3 saturated heterocycles. The van der Waals surface area contributed by atoms with Crippen molar-refractivity contribution in [3.8, 4) is 0 Å². The first kappa shape index (κ1) is 38.5. The first-order valence-corrected chi connectivity index (χ1v) is 21.3. The van der Waals surface area contributed by atoms with Crippen molar-refractivity contribution in [3.05, 3.63) is 131 Å². The number of carbonyl (C=O) groups is 4. The summed E-state index contributed by atoms with van der Waals surface area (Å²) in [7, 11) is 0. The van der Waals surface area contributed by atoms with E-state index in [-0.39, 0.29) is 36.2 Å². The van der Waals surface area contributed by atoms with Gasteiger partial charge in [0.25, 0.3) is 11.8 Å². The molecule has 2 unspecified atom stereocenters. The summed E-state index contributed by atoms with van der Waals surface area (Å²) >= 11 is 0. The molecule has 10 nitrogen and oxygen atoms in total. The Morgan fingerprint density at radius 1 is 0.431 bits per heavy atom. The zero-order valence-corrected chi connectivity index (χ0v) is 33.4. The van der Waals surface area contributed by atoms with Crippen molar-refractivity contribution < 1.29 is 19.2 Å². The highest BCUT2D eigenvalue weighted by Crippen LogP contribution is 2.51. The predicted molar refractivity (Wildman–Crippen MR) is 226 cm³/mol. The Morgan fingerprint density at radius 3 is 1.16 bits per heavy atom. The Kier molecular flexibility index (Phi) is 10.8. The molecule has 5 aliphatic rings. The van der Waals surface area contributed by atoms with Gasteiger partial charge in [-0.3, -0.25) is 48.6 Å². The molecule has 4 aromatic rings. The quantitative estimate of drug-likeness (QED) is 0.150. The SMILES string of the molecule is O=C(CC1(N2CCN(C3(CC(=O)c4ccccc4)C(=O)N(CN4CCCCC4)c4ccccc43)CC2)C(=O)N(CN2CCCCC2)c2ccccc21)c1ccccc1. The molecule has 0 N–H and O–H groups in total. The fourth-order valence-electron chi connectivity index (χ4n) is 10.5. The van der Waals surface area contributed by atoms with Crippen LogP contribution in [0.1, 0.15) is 83.2 Å². The van der Waals surface area contributed by atoms with Crippen molar-refractivity contribution in [2.24, 2.45) is 0 Å². The third-order valence-corrected chi connectivity index (χ3v) is 13.4. The summed E-state index contributed by atoms with van der Waals surface area (Å²) in [5.41, 5.74) is 2.16. The number of Topliss-reactive ketones (excluding diaryl/α,β-unsaturated/α-hetero) is 2. The number of nitrogens with zero attached hydrogens (tertiary/aromatic N) is 6. The Morgan fingerprint density at radius 2 is 0.776 bits per heavy atom. The van der Waals surface area contributed by atoms with Crippen LogP contribution in [0.4, 0.5) is 11.4 Å². The van der Waals surface area contributed by atoms with Crippen LogP contribution in [-0.4, -0.2) is 109 Å². The van der Waals surface area contributed by atoms with E-state index in [4.69, 9.17) is 0 Å². The minimum atomic E-state index is -1.23. The molecule has 9 rings (SSSR count). The number of piperidine rings is 2. The minimum absolute atomic E-state index is 0.00632. The molecule has 0 spiro atoms. The monoisotopic (exact) mass is 778 g/mol. The minimum Gasteiger partial charge on any atom is -0.297 e. The molecule has 5 aliphatic heterocycles. The summed E-state index contributed by atoms with van der Waals surface area (Å²) in [6.07, 6.45) is 6.83. The lowest BCUT2D eigenvalue weighted by molar-refractivity contribution is -0.138. The second-order valence-electron chi connectivity index (χ2n) is 16.8. The van der Waals surface area contributed by atoms with Gasteiger partial charge in [-0.1, -0.05) is 110 Å². The van der Waals surface area contributed by atoms with Gasteiger partial charge in [0.1, 0.15) is 11.1 Å². The number of fused-ring (bicyclic) bond motifs is 2. The number of ketones is 2. The molecular formula is C48H54N6O4. The third kappa shape index (κ3) is 6.79. The van der Waals surface area contributed by atoms with E-state index in [9.17, 15) is 9.59 Å². The average molecular weight is 779 g/mol. The summed E-state index contributed by atoms with van der Waals surface area (Å²) in [6, 6.07) is 34.6. The van der Waals surface area contributed by atoms with Crippen LogP contribution >= 0.6 is 0 Å². The largest absolute Gasteiger partial charge is 0.297 e. The Bertz CT molecular complexity index is 1990. The summed E-state index contributed by atoms with van der Waals surface area (Å²) < 4.78 is 0. The molecule has 0 aliphatic carbocycles. The molecule has 58 heavy (non-hydrogen) atoms. The number of likely N-dealkylation sites (tertiary alicyclic amines) is 2. The van der Waals surface area contributed by atoms with Crippen LogP contribution in [0.2, 0.25) is 0 Å². The van der Waals surface area contributed by atoms with E-state index in [0.717, 1.165) is 74.4 Å². The number of piperazine rings is 1. The molecule has 0 aromatic heterocycles. The molecule has 10 heteroatoms. The highest BCUT2D eigenvalue weighted by atomic mass is 16.2. The molecule has 5 heterocycles. The third-order valence-electron chi connectivity index (χ3n) is 13.4. The van der Waals surface area contributed by atoms with Gasteiger partial charge in [-0.05, 0) is 64.0 Å². The van der Waals surface area contributed by atoms with Gasteiger partial charge in [-0.25, -0.2) is 0 Å². The smallest absolute Gasteiger partial charge is 0.253 e. The zero-order valence-electron chi connectivity index (χ0n) is 33.4. The van der Waals surface area contributed by atoms with Crippen LogP contribution in [-0.2, 0) is 20.7 Å². The van der Waals surface area contributed by atoms with Crippen molar-refractivity contribution in [1.29, 1.82) is 0 Å². The van der Waals surface area contributed by atoms with Crippen molar-refractivity contribution in [2.75, 3.05) is 75.5 Å². The molecule has 0 bridgehead atoms. The van der Waals surface area contributed by atoms with Gasteiger partial charge in [0.2, 0.25) is 0 Å². The topological polar surface area (TPSA) is 87.7 Å². The molecule has 0 radical (unpaired) electrons. The number of benzene rings is 4. The molecule has 0 saturated carbocycles. The van der Waals surface area contributed by atoms with Crippen molar-refractivity contribution in [1.82, 2.24) is 19.6 Å². The number of amides is 2. The highest BCUT2D eigenvalue weighted by Gasteiger charge is 2.60. The maximum Gasteiger partial charge on any atom is 0.253 e. The number of hydrogen-bond acceptors (Lipinski definition) is 8. The van der Waals surface area contributed by atoms with E-state index in [1.807, 2.05) is 119 Å². The van der Waals surface area contributed by atoms with Crippen LogP contribution < -0.4 is 9.80 Å². The van der Waals surface area contributed by atoms with E-state index >= 15 is 9.59 Å².